The number of amides is 1. The lowest BCUT2D eigenvalue weighted by atomic mass is 10.3. The number of nitrogens with zero attached hydrogens (tertiary/aromatic N) is 2. The Balaban J connectivity index is 1.72. The highest BCUT2D eigenvalue weighted by molar-refractivity contribution is 7.99. The van der Waals surface area contributed by atoms with E-state index in [1.165, 1.54) is 30.6 Å². The van der Waals surface area contributed by atoms with Gasteiger partial charge in [0, 0.05) is 11.3 Å². The summed E-state index contributed by atoms with van der Waals surface area (Å²) >= 11 is 2.88. The average Bonchev–Trinajstić information content (AvgIpc) is 3.08. The van der Waals surface area contributed by atoms with Crippen molar-refractivity contribution in [3.63, 3.8) is 0 Å². The number of carbonyl (C=O) groups excluding carboxylic acids is 2. The fourth-order valence-electron chi connectivity index (χ4n) is 2.72. The number of ether oxygens (including phenoxy) is 2. The maximum absolute atomic E-state index is 12.9. The van der Waals surface area contributed by atoms with Crippen LogP contribution in [-0.2, 0) is 20.9 Å². The van der Waals surface area contributed by atoms with Crippen molar-refractivity contribution in [2.24, 2.45) is 4.99 Å². The molecule has 158 valence electrons. The number of hydrogen-bond donors (Lipinski definition) is 0. The normalized spacial score (nSPS) is 11.6. The molecule has 0 radical (unpaired) electrons. The number of thiazole rings is 1. The van der Waals surface area contributed by atoms with E-state index in [0.29, 0.717) is 17.0 Å². The number of hydrogen-bond acceptors (Lipinski definition) is 6. The maximum Gasteiger partial charge on any atom is 0.325 e. The number of esters is 1. The minimum Gasteiger partial charge on any atom is -0.497 e. The Morgan fingerprint density at radius 3 is 2.63 bits per heavy atom. The summed E-state index contributed by atoms with van der Waals surface area (Å²) < 4.78 is 25.5. The molecule has 0 aliphatic carbocycles. The zero-order valence-electron chi connectivity index (χ0n) is 16.6. The van der Waals surface area contributed by atoms with E-state index in [9.17, 15) is 14.0 Å². The van der Waals surface area contributed by atoms with Gasteiger partial charge in [-0.2, -0.15) is 4.99 Å². The van der Waals surface area contributed by atoms with Crippen LogP contribution < -0.4 is 9.54 Å². The van der Waals surface area contributed by atoms with Crippen LogP contribution in [0.5, 0.6) is 5.75 Å². The summed E-state index contributed by atoms with van der Waals surface area (Å²) in [5.74, 6) is 0.458. The van der Waals surface area contributed by atoms with Crippen LogP contribution in [0, 0.1) is 5.82 Å². The smallest absolute Gasteiger partial charge is 0.325 e. The topological polar surface area (TPSA) is 69.9 Å². The third-order valence-corrected chi connectivity index (χ3v) is 6.38. The molecule has 0 aliphatic rings. The average molecular weight is 449 g/mol. The number of benzene rings is 2. The van der Waals surface area contributed by atoms with Crippen LogP contribution in [0.15, 0.2) is 52.4 Å². The van der Waals surface area contributed by atoms with E-state index in [2.05, 4.69) is 4.99 Å². The first kappa shape index (κ1) is 22.0. The van der Waals surface area contributed by atoms with Crippen molar-refractivity contribution in [1.29, 1.82) is 0 Å². The molecule has 0 unspecified atom stereocenters. The van der Waals surface area contributed by atoms with Crippen molar-refractivity contribution in [2.75, 3.05) is 20.0 Å². The van der Waals surface area contributed by atoms with Gasteiger partial charge in [-0.15, -0.1) is 11.8 Å². The van der Waals surface area contributed by atoms with Crippen molar-refractivity contribution in [1.82, 2.24) is 4.57 Å². The monoisotopic (exact) mass is 448 g/mol. The van der Waals surface area contributed by atoms with E-state index >= 15 is 0 Å². The van der Waals surface area contributed by atoms with Gasteiger partial charge in [-0.05, 0) is 54.6 Å². The molecule has 0 fully saturated rings. The summed E-state index contributed by atoms with van der Waals surface area (Å²) in [5.41, 5.74) is 0.782. The lowest BCUT2D eigenvalue weighted by molar-refractivity contribution is -0.141. The molecule has 6 nitrogen and oxygen atoms in total. The van der Waals surface area contributed by atoms with Crippen molar-refractivity contribution in [3.8, 4) is 5.75 Å². The summed E-state index contributed by atoms with van der Waals surface area (Å²) in [6.45, 7) is -0.0324. The third kappa shape index (κ3) is 5.70. The molecule has 9 heteroatoms. The van der Waals surface area contributed by atoms with Crippen LogP contribution in [0.25, 0.3) is 10.2 Å². The number of aromatic nitrogens is 1. The zero-order chi connectivity index (χ0) is 21.5. The van der Waals surface area contributed by atoms with Crippen molar-refractivity contribution < 1.29 is 23.5 Å². The summed E-state index contributed by atoms with van der Waals surface area (Å²) in [6.07, 6.45) is 0.921. The number of carbonyl (C=O) groups is 2. The number of halogens is 1. The SMILES string of the molecule is COC(=O)Cn1c(=NC(=O)CCCSc2ccc(F)cc2)sc2cc(OC)ccc21. The molecule has 3 rings (SSSR count). The molecule has 1 aromatic heterocycles. The Morgan fingerprint density at radius 1 is 1.17 bits per heavy atom. The molecule has 3 aromatic rings. The molecule has 0 spiro atoms. The molecule has 0 saturated heterocycles. The fourth-order valence-corrected chi connectivity index (χ4v) is 4.65. The molecule has 2 aromatic carbocycles. The number of thioether (sulfide) groups is 1. The molecule has 0 aliphatic heterocycles. The summed E-state index contributed by atoms with van der Waals surface area (Å²) in [6, 6.07) is 11.7. The second kappa shape index (κ2) is 10.4. The lowest BCUT2D eigenvalue weighted by Crippen LogP contribution is -2.22. The van der Waals surface area contributed by atoms with Gasteiger partial charge >= 0.3 is 5.97 Å². The van der Waals surface area contributed by atoms with E-state index in [-0.39, 0.29) is 24.7 Å². The molecule has 1 amide bonds. The Kier molecular flexibility index (Phi) is 7.64. The predicted octanol–water partition coefficient (Wildman–Crippen LogP) is 4.02. The molecular weight excluding hydrogens is 427 g/mol. The van der Waals surface area contributed by atoms with Crippen LogP contribution >= 0.6 is 23.1 Å². The largest absolute Gasteiger partial charge is 0.497 e. The Labute approximate surface area is 181 Å². The van der Waals surface area contributed by atoms with Crippen LogP contribution in [0.1, 0.15) is 12.8 Å². The lowest BCUT2D eigenvalue weighted by Gasteiger charge is -2.04. The van der Waals surface area contributed by atoms with Crippen molar-refractivity contribution >= 4 is 45.2 Å². The highest BCUT2D eigenvalue weighted by Gasteiger charge is 2.12. The highest BCUT2D eigenvalue weighted by atomic mass is 32.2. The van der Waals surface area contributed by atoms with Gasteiger partial charge in [-0.3, -0.25) is 9.59 Å². The highest BCUT2D eigenvalue weighted by Crippen LogP contribution is 2.23. The van der Waals surface area contributed by atoms with E-state index in [1.54, 1.807) is 41.6 Å². The van der Waals surface area contributed by atoms with Gasteiger partial charge in [0.2, 0.25) is 5.91 Å². The first-order valence-corrected chi connectivity index (χ1v) is 11.0. The van der Waals surface area contributed by atoms with Crippen LogP contribution in [0.3, 0.4) is 0 Å². The Morgan fingerprint density at radius 2 is 1.93 bits per heavy atom. The second-order valence-corrected chi connectivity index (χ2v) is 8.47. The minimum absolute atomic E-state index is 0.0324. The van der Waals surface area contributed by atoms with Gasteiger partial charge in [-0.1, -0.05) is 11.3 Å². The Hall–Kier alpha value is -2.65. The molecule has 0 atom stereocenters. The third-order valence-electron chi connectivity index (χ3n) is 4.24. The van der Waals surface area contributed by atoms with Crippen LogP contribution in [0.2, 0.25) is 0 Å². The van der Waals surface area contributed by atoms with E-state index < -0.39 is 5.97 Å². The van der Waals surface area contributed by atoms with E-state index in [4.69, 9.17) is 9.47 Å². The summed E-state index contributed by atoms with van der Waals surface area (Å²) in [5, 5.41) is 0. The molecule has 0 bridgehead atoms. The van der Waals surface area contributed by atoms with Crippen LogP contribution in [-0.4, -0.2) is 36.4 Å². The first-order valence-electron chi connectivity index (χ1n) is 9.20. The molecular formula is C21H21FN2O4S2. The maximum atomic E-state index is 12.9. The van der Waals surface area contributed by atoms with Gasteiger partial charge in [0.05, 0.1) is 24.4 Å². The first-order chi connectivity index (χ1) is 14.5. The molecule has 0 N–H and O–H groups in total. The second-order valence-electron chi connectivity index (χ2n) is 6.29. The van der Waals surface area contributed by atoms with Crippen molar-refractivity contribution in [2.45, 2.75) is 24.3 Å². The summed E-state index contributed by atoms with van der Waals surface area (Å²) in [7, 11) is 2.90. The standard InChI is InChI=1S/C21H21FN2O4S2/c1-27-15-7-10-17-18(12-15)30-21(24(17)13-20(26)28-2)23-19(25)4-3-11-29-16-8-5-14(22)6-9-16/h5-10,12H,3-4,11,13H2,1-2H3. The van der Waals surface area contributed by atoms with Gasteiger partial charge < -0.3 is 14.0 Å². The Bertz CT molecular complexity index is 1110. The molecule has 0 saturated carbocycles. The zero-order valence-corrected chi connectivity index (χ0v) is 18.2. The minimum atomic E-state index is -0.421. The molecule has 30 heavy (non-hydrogen) atoms. The number of rotatable bonds is 8. The van der Waals surface area contributed by atoms with E-state index in [0.717, 1.165) is 20.9 Å². The summed E-state index contributed by atoms with van der Waals surface area (Å²) in [4.78, 5) is 29.9. The predicted molar refractivity (Wildman–Crippen MR) is 115 cm³/mol. The van der Waals surface area contributed by atoms with Crippen LogP contribution in [0.4, 0.5) is 4.39 Å². The number of methoxy groups -OCH3 is 2. The van der Waals surface area contributed by atoms with Gasteiger partial charge in [0.25, 0.3) is 0 Å². The van der Waals surface area contributed by atoms with E-state index in [1.807, 2.05) is 12.1 Å². The van der Waals surface area contributed by atoms with Gasteiger partial charge in [-0.25, -0.2) is 4.39 Å². The number of fused-ring (bicyclic) bond motifs is 1. The van der Waals surface area contributed by atoms with Crippen molar-refractivity contribution in [3.05, 3.63) is 53.1 Å². The molecule has 1 heterocycles. The van der Waals surface area contributed by atoms with Gasteiger partial charge in [0.15, 0.2) is 4.80 Å². The van der Waals surface area contributed by atoms with Gasteiger partial charge in [0.1, 0.15) is 18.1 Å². The fraction of sp³-hybridized carbons (Fsp3) is 0.286. The quantitative estimate of drug-likeness (QED) is 0.296.